The van der Waals surface area contributed by atoms with Gasteiger partial charge in [-0.3, -0.25) is 0 Å². The quantitative estimate of drug-likeness (QED) is 0.673. The van der Waals surface area contributed by atoms with Gasteiger partial charge in [0.25, 0.3) is 0 Å². The Kier molecular flexibility index (Phi) is 1.84. The summed E-state index contributed by atoms with van der Waals surface area (Å²) >= 11 is 5.82. The smallest absolute Gasteiger partial charge is 0.143 e. The maximum Gasteiger partial charge on any atom is 0.143 e. The first-order valence-electron chi connectivity index (χ1n) is 3.53. The molecule has 0 saturated carbocycles. The van der Waals surface area contributed by atoms with E-state index in [2.05, 4.69) is 5.16 Å². The van der Waals surface area contributed by atoms with Gasteiger partial charge in [0.1, 0.15) is 17.0 Å². The molecule has 0 atom stereocenters. The van der Waals surface area contributed by atoms with E-state index in [4.69, 9.17) is 16.1 Å². The first kappa shape index (κ1) is 7.37. The van der Waals surface area contributed by atoms with Crippen LogP contribution >= 0.6 is 11.6 Å². The zero-order valence-corrected chi connectivity index (χ0v) is 6.95. The summed E-state index contributed by atoms with van der Waals surface area (Å²) in [6.07, 6.45) is 1.42. The fraction of sp³-hybridized carbons (Fsp3) is 0. The van der Waals surface area contributed by atoms with Crippen molar-refractivity contribution in [3.63, 3.8) is 0 Å². The Bertz CT molecular complexity index is 369. The summed E-state index contributed by atoms with van der Waals surface area (Å²) in [4.78, 5) is 0. The SMILES string of the molecule is Clc1conc1-c1ccccc1. The molecule has 0 aliphatic heterocycles. The summed E-state index contributed by atoms with van der Waals surface area (Å²) in [6.45, 7) is 0. The van der Waals surface area contributed by atoms with Crippen molar-refractivity contribution in [2.45, 2.75) is 0 Å². The van der Waals surface area contributed by atoms with E-state index in [9.17, 15) is 0 Å². The van der Waals surface area contributed by atoms with Crippen LogP contribution in [-0.2, 0) is 0 Å². The standard InChI is InChI=1S/C9H6ClNO/c10-8-6-12-11-9(8)7-4-2-1-3-5-7/h1-6H. The molecular weight excluding hydrogens is 174 g/mol. The van der Waals surface area contributed by atoms with E-state index in [1.807, 2.05) is 30.3 Å². The van der Waals surface area contributed by atoms with Crippen LogP contribution in [0.1, 0.15) is 0 Å². The predicted octanol–water partition coefficient (Wildman–Crippen LogP) is 3.00. The Morgan fingerprint density at radius 1 is 1.17 bits per heavy atom. The van der Waals surface area contributed by atoms with E-state index in [0.717, 1.165) is 5.56 Å². The maximum atomic E-state index is 5.82. The largest absolute Gasteiger partial charge is 0.363 e. The van der Waals surface area contributed by atoms with E-state index >= 15 is 0 Å². The molecule has 0 saturated heterocycles. The number of benzene rings is 1. The third-order valence-electron chi connectivity index (χ3n) is 1.57. The Balaban J connectivity index is 2.51. The Labute approximate surface area is 74.8 Å². The highest BCUT2D eigenvalue weighted by Crippen LogP contribution is 2.25. The van der Waals surface area contributed by atoms with E-state index < -0.39 is 0 Å². The molecule has 2 nitrogen and oxygen atoms in total. The van der Waals surface area contributed by atoms with Crippen LogP contribution in [0.2, 0.25) is 5.02 Å². The van der Waals surface area contributed by atoms with Crippen molar-refractivity contribution < 1.29 is 4.52 Å². The number of halogens is 1. The van der Waals surface area contributed by atoms with Gasteiger partial charge in [-0.05, 0) is 0 Å². The van der Waals surface area contributed by atoms with Crippen molar-refractivity contribution in [2.75, 3.05) is 0 Å². The molecule has 1 aromatic heterocycles. The maximum absolute atomic E-state index is 5.82. The molecule has 2 aromatic rings. The lowest BCUT2D eigenvalue weighted by Gasteiger charge is -1.93. The fourth-order valence-corrected chi connectivity index (χ4v) is 1.19. The molecule has 0 bridgehead atoms. The van der Waals surface area contributed by atoms with Crippen molar-refractivity contribution in [1.29, 1.82) is 0 Å². The highest BCUT2D eigenvalue weighted by Gasteiger charge is 2.05. The molecule has 1 heterocycles. The first-order chi connectivity index (χ1) is 5.88. The van der Waals surface area contributed by atoms with Gasteiger partial charge in [0.15, 0.2) is 0 Å². The molecule has 1 aromatic carbocycles. The lowest BCUT2D eigenvalue weighted by Crippen LogP contribution is -1.75. The van der Waals surface area contributed by atoms with Crippen LogP contribution in [0, 0.1) is 0 Å². The Hall–Kier alpha value is -1.28. The van der Waals surface area contributed by atoms with Crippen LogP contribution in [0.25, 0.3) is 11.3 Å². The highest BCUT2D eigenvalue weighted by atomic mass is 35.5. The van der Waals surface area contributed by atoms with Gasteiger partial charge in [-0.25, -0.2) is 0 Å². The summed E-state index contributed by atoms with van der Waals surface area (Å²) in [5.41, 5.74) is 1.66. The van der Waals surface area contributed by atoms with Gasteiger partial charge in [0, 0.05) is 5.56 Å². The summed E-state index contributed by atoms with van der Waals surface area (Å²) in [6, 6.07) is 9.67. The van der Waals surface area contributed by atoms with Crippen molar-refractivity contribution in [2.24, 2.45) is 0 Å². The van der Waals surface area contributed by atoms with Gasteiger partial charge in [0.2, 0.25) is 0 Å². The number of aromatic nitrogens is 1. The van der Waals surface area contributed by atoms with E-state index in [0.29, 0.717) is 10.7 Å². The van der Waals surface area contributed by atoms with Crippen LogP contribution < -0.4 is 0 Å². The molecular formula is C9H6ClNO. The van der Waals surface area contributed by atoms with Gasteiger partial charge in [-0.15, -0.1) is 0 Å². The van der Waals surface area contributed by atoms with E-state index in [1.165, 1.54) is 6.26 Å². The molecule has 12 heavy (non-hydrogen) atoms. The average molecular weight is 180 g/mol. The lowest BCUT2D eigenvalue weighted by molar-refractivity contribution is 0.422. The molecule has 0 fully saturated rings. The minimum Gasteiger partial charge on any atom is -0.363 e. The molecule has 0 unspecified atom stereocenters. The van der Waals surface area contributed by atoms with Crippen molar-refractivity contribution in [3.8, 4) is 11.3 Å². The molecule has 60 valence electrons. The fourth-order valence-electron chi connectivity index (χ4n) is 1.01. The second-order valence-electron chi connectivity index (χ2n) is 2.38. The third-order valence-corrected chi connectivity index (χ3v) is 1.84. The molecule has 0 N–H and O–H groups in total. The topological polar surface area (TPSA) is 26.0 Å². The van der Waals surface area contributed by atoms with Crippen molar-refractivity contribution in [1.82, 2.24) is 5.16 Å². The van der Waals surface area contributed by atoms with E-state index in [-0.39, 0.29) is 0 Å². The molecule has 2 rings (SSSR count). The summed E-state index contributed by atoms with van der Waals surface area (Å²) < 4.78 is 4.72. The van der Waals surface area contributed by atoms with Crippen molar-refractivity contribution >= 4 is 11.6 Å². The van der Waals surface area contributed by atoms with Crippen molar-refractivity contribution in [3.05, 3.63) is 41.6 Å². The summed E-state index contributed by atoms with van der Waals surface area (Å²) in [5.74, 6) is 0. The Morgan fingerprint density at radius 3 is 2.50 bits per heavy atom. The van der Waals surface area contributed by atoms with Gasteiger partial charge < -0.3 is 4.52 Å². The van der Waals surface area contributed by atoms with Crippen LogP contribution in [0.3, 0.4) is 0 Å². The monoisotopic (exact) mass is 179 g/mol. The number of rotatable bonds is 1. The average Bonchev–Trinajstić information content (AvgIpc) is 2.53. The van der Waals surface area contributed by atoms with Crippen LogP contribution in [-0.4, -0.2) is 5.16 Å². The third kappa shape index (κ3) is 1.21. The Morgan fingerprint density at radius 2 is 1.92 bits per heavy atom. The highest BCUT2D eigenvalue weighted by molar-refractivity contribution is 6.32. The van der Waals surface area contributed by atoms with Crippen LogP contribution in [0.4, 0.5) is 0 Å². The molecule has 3 heteroatoms. The van der Waals surface area contributed by atoms with Crippen LogP contribution in [0.15, 0.2) is 41.1 Å². The summed E-state index contributed by atoms with van der Waals surface area (Å²) in [7, 11) is 0. The number of nitrogens with zero attached hydrogens (tertiary/aromatic N) is 1. The summed E-state index contributed by atoms with van der Waals surface area (Å²) in [5, 5.41) is 4.32. The first-order valence-corrected chi connectivity index (χ1v) is 3.91. The van der Waals surface area contributed by atoms with Gasteiger partial charge >= 0.3 is 0 Å². The normalized spacial score (nSPS) is 10.1. The lowest BCUT2D eigenvalue weighted by atomic mass is 10.2. The minimum absolute atomic E-state index is 0.543. The molecule has 0 radical (unpaired) electrons. The van der Waals surface area contributed by atoms with Crippen LogP contribution in [0.5, 0.6) is 0 Å². The zero-order chi connectivity index (χ0) is 8.39. The van der Waals surface area contributed by atoms with Gasteiger partial charge in [-0.2, -0.15) is 0 Å². The molecule has 0 amide bonds. The second-order valence-corrected chi connectivity index (χ2v) is 2.78. The zero-order valence-electron chi connectivity index (χ0n) is 6.20. The molecule has 0 aliphatic carbocycles. The number of hydrogen-bond acceptors (Lipinski definition) is 2. The van der Waals surface area contributed by atoms with E-state index in [1.54, 1.807) is 0 Å². The molecule has 0 aliphatic rings. The van der Waals surface area contributed by atoms with Gasteiger partial charge in [0.05, 0.1) is 0 Å². The second kappa shape index (κ2) is 2.99. The minimum atomic E-state index is 0.543. The van der Waals surface area contributed by atoms with Gasteiger partial charge in [-0.1, -0.05) is 47.1 Å². The molecule has 0 spiro atoms. The number of hydrogen-bond donors (Lipinski definition) is 0. The predicted molar refractivity (Wildman–Crippen MR) is 46.9 cm³/mol.